The predicted molar refractivity (Wildman–Crippen MR) is 102 cm³/mol. The van der Waals surface area contributed by atoms with Gasteiger partial charge < -0.3 is 9.84 Å². The molecule has 0 heterocycles. The molecule has 0 atom stereocenters. The van der Waals surface area contributed by atoms with Gasteiger partial charge in [-0.15, -0.1) is 0 Å². The molecular formula is C19H21BrN2O3. The van der Waals surface area contributed by atoms with E-state index in [-0.39, 0.29) is 24.2 Å². The van der Waals surface area contributed by atoms with E-state index in [1.807, 2.05) is 19.1 Å². The van der Waals surface area contributed by atoms with Gasteiger partial charge in [0.15, 0.2) is 6.61 Å². The molecule has 0 radical (unpaired) electrons. The molecule has 2 aromatic rings. The number of phenols is 1. The number of carbonyl (C=O) groups excluding carboxylic acids is 1. The quantitative estimate of drug-likeness (QED) is 0.561. The smallest absolute Gasteiger partial charge is 0.277 e. The number of hydrazone groups is 1. The van der Waals surface area contributed by atoms with Gasteiger partial charge in [0.1, 0.15) is 11.5 Å². The highest BCUT2D eigenvalue weighted by molar-refractivity contribution is 9.10. The Morgan fingerprint density at radius 1 is 1.36 bits per heavy atom. The molecule has 6 heteroatoms. The maximum Gasteiger partial charge on any atom is 0.277 e. The number of aryl methyl sites for hydroxylation is 1. The first-order chi connectivity index (χ1) is 11.9. The average molecular weight is 405 g/mol. The maximum atomic E-state index is 11.9. The van der Waals surface area contributed by atoms with E-state index in [0.717, 1.165) is 15.6 Å². The molecule has 2 rings (SSSR count). The number of hydrogen-bond donors (Lipinski definition) is 2. The summed E-state index contributed by atoms with van der Waals surface area (Å²) in [7, 11) is 0. The van der Waals surface area contributed by atoms with Crippen LogP contribution in [0.25, 0.3) is 0 Å². The Morgan fingerprint density at radius 2 is 2.12 bits per heavy atom. The summed E-state index contributed by atoms with van der Waals surface area (Å²) >= 11 is 3.52. The summed E-state index contributed by atoms with van der Waals surface area (Å²) in [6.07, 6.45) is 1.46. The van der Waals surface area contributed by atoms with Crippen LogP contribution in [0.15, 0.2) is 46.0 Å². The molecule has 0 aliphatic heterocycles. The lowest BCUT2D eigenvalue weighted by Gasteiger charge is -2.15. The maximum absolute atomic E-state index is 11.9. The second-order valence-electron chi connectivity index (χ2n) is 5.97. The van der Waals surface area contributed by atoms with Gasteiger partial charge in [-0.1, -0.05) is 41.9 Å². The van der Waals surface area contributed by atoms with E-state index in [1.165, 1.54) is 6.21 Å². The Balaban J connectivity index is 1.95. The SMILES string of the molecule is Cc1cc(OCC(=O)N/N=C/c2cccc(O)c2)c(C(C)C)cc1Br. The van der Waals surface area contributed by atoms with Crippen LogP contribution in [0.1, 0.15) is 36.5 Å². The van der Waals surface area contributed by atoms with E-state index in [9.17, 15) is 9.90 Å². The molecule has 0 aliphatic rings. The molecule has 2 N–H and O–H groups in total. The lowest BCUT2D eigenvalue weighted by atomic mass is 10.0. The lowest BCUT2D eigenvalue weighted by molar-refractivity contribution is -0.123. The molecule has 2 aromatic carbocycles. The molecule has 5 nitrogen and oxygen atoms in total. The van der Waals surface area contributed by atoms with Crippen molar-refractivity contribution >= 4 is 28.1 Å². The van der Waals surface area contributed by atoms with Crippen molar-refractivity contribution in [2.24, 2.45) is 5.10 Å². The summed E-state index contributed by atoms with van der Waals surface area (Å²) in [6.45, 7) is 5.99. The topological polar surface area (TPSA) is 70.9 Å². The van der Waals surface area contributed by atoms with Crippen molar-refractivity contribution in [3.8, 4) is 11.5 Å². The van der Waals surface area contributed by atoms with Gasteiger partial charge >= 0.3 is 0 Å². The zero-order valence-corrected chi connectivity index (χ0v) is 16.0. The summed E-state index contributed by atoms with van der Waals surface area (Å²) in [6, 6.07) is 10.5. The van der Waals surface area contributed by atoms with Gasteiger partial charge in [-0.25, -0.2) is 5.43 Å². The number of aromatic hydroxyl groups is 1. The summed E-state index contributed by atoms with van der Waals surface area (Å²) in [5.74, 6) is 0.763. The van der Waals surface area contributed by atoms with Crippen LogP contribution in [0.3, 0.4) is 0 Å². The number of halogens is 1. The molecule has 0 saturated carbocycles. The van der Waals surface area contributed by atoms with E-state index in [1.54, 1.807) is 24.3 Å². The van der Waals surface area contributed by atoms with Gasteiger partial charge in [-0.05, 0) is 53.8 Å². The lowest BCUT2D eigenvalue weighted by Crippen LogP contribution is -2.25. The molecule has 1 amide bonds. The summed E-state index contributed by atoms with van der Waals surface area (Å²) in [5.41, 5.74) is 5.18. The van der Waals surface area contributed by atoms with Crippen LogP contribution in [0.5, 0.6) is 11.5 Å². The standard InChI is InChI=1S/C19H21BrN2O3/c1-12(2)16-9-17(20)13(3)7-18(16)25-11-19(24)22-21-10-14-5-4-6-15(23)8-14/h4-10,12,23H,11H2,1-3H3,(H,22,24)/b21-10+. The number of phenolic OH excluding ortho intramolecular Hbond substituents is 1. The Morgan fingerprint density at radius 3 is 2.80 bits per heavy atom. The summed E-state index contributed by atoms with van der Waals surface area (Å²) < 4.78 is 6.69. The highest BCUT2D eigenvalue weighted by Gasteiger charge is 2.12. The molecule has 0 fully saturated rings. The number of nitrogens with one attached hydrogen (secondary N) is 1. The first kappa shape index (κ1) is 19.0. The first-order valence-electron chi connectivity index (χ1n) is 7.90. The molecule has 25 heavy (non-hydrogen) atoms. The number of benzene rings is 2. The minimum absolute atomic E-state index is 0.127. The van der Waals surface area contributed by atoms with Crippen LogP contribution >= 0.6 is 15.9 Å². The van der Waals surface area contributed by atoms with Crippen molar-refractivity contribution in [3.05, 3.63) is 57.6 Å². The Hall–Kier alpha value is -2.34. The van der Waals surface area contributed by atoms with Gasteiger partial charge in [0, 0.05) is 4.47 Å². The molecule has 132 valence electrons. The third-order valence-electron chi connectivity index (χ3n) is 3.54. The molecule has 0 aliphatic carbocycles. The van der Waals surface area contributed by atoms with Crippen LogP contribution in [0.2, 0.25) is 0 Å². The number of carbonyl (C=O) groups is 1. The highest BCUT2D eigenvalue weighted by Crippen LogP contribution is 2.32. The zero-order valence-electron chi connectivity index (χ0n) is 14.4. The van der Waals surface area contributed by atoms with Crippen molar-refractivity contribution in [2.45, 2.75) is 26.7 Å². The minimum Gasteiger partial charge on any atom is -0.508 e. The van der Waals surface area contributed by atoms with Crippen LogP contribution in [0.4, 0.5) is 0 Å². The second-order valence-corrected chi connectivity index (χ2v) is 6.83. The van der Waals surface area contributed by atoms with Crippen LogP contribution in [-0.2, 0) is 4.79 Å². The number of amides is 1. The number of rotatable bonds is 6. The molecular weight excluding hydrogens is 384 g/mol. The fourth-order valence-electron chi connectivity index (χ4n) is 2.21. The van der Waals surface area contributed by atoms with Crippen LogP contribution < -0.4 is 10.2 Å². The Bertz CT molecular complexity index is 788. The fraction of sp³-hybridized carbons (Fsp3) is 0.263. The third kappa shape index (κ3) is 5.60. The Labute approximate surface area is 155 Å². The third-order valence-corrected chi connectivity index (χ3v) is 4.40. The van der Waals surface area contributed by atoms with Gasteiger partial charge in [-0.3, -0.25) is 4.79 Å². The predicted octanol–water partition coefficient (Wildman–Crippen LogP) is 4.12. The molecule has 0 spiro atoms. The van der Waals surface area contributed by atoms with E-state index in [2.05, 4.69) is 40.3 Å². The minimum atomic E-state index is -0.355. The van der Waals surface area contributed by atoms with Crippen LogP contribution in [0, 0.1) is 6.92 Å². The first-order valence-corrected chi connectivity index (χ1v) is 8.70. The largest absolute Gasteiger partial charge is 0.508 e. The molecule has 0 aromatic heterocycles. The van der Waals surface area contributed by atoms with E-state index in [0.29, 0.717) is 11.3 Å². The normalized spacial score (nSPS) is 11.1. The monoisotopic (exact) mass is 404 g/mol. The number of nitrogens with zero attached hydrogens (tertiary/aromatic N) is 1. The molecule has 0 bridgehead atoms. The zero-order chi connectivity index (χ0) is 18.4. The second kappa shape index (κ2) is 8.67. The van der Waals surface area contributed by atoms with Crippen molar-refractivity contribution < 1.29 is 14.6 Å². The van der Waals surface area contributed by atoms with Gasteiger partial charge in [0.25, 0.3) is 5.91 Å². The summed E-state index contributed by atoms with van der Waals surface area (Å²) in [4.78, 5) is 11.9. The van der Waals surface area contributed by atoms with Crippen LogP contribution in [-0.4, -0.2) is 23.8 Å². The molecule has 0 unspecified atom stereocenters. The van der Waals surface area contributed by atoms with Gasteiger partial charge in [0.05, 0.1) is 6.21 Å². The molecule has 0 saturated heterocycles. The van der Waals surface area contributed by atoms with Gasteiger partial charge in [0.2, 0.25) is 0 Å². The summed E-state index contributed by atoms with van der Waals surface area (Å²) in [5, 5.41) is 13.2. The fourth-order valence-corrected chi connectivity index (χ4v) is 2.57. The van der Waals surface area contributed by atoms with Crippen molar-refractivity contribution in [2.75, 3.05) is 6.61 Å². The number of hydrogen-bond acceptors (Lipinski definition) is 4. The van der Waals surface area contributed by atoms with Crippen molar-refractivity contribution in [3.63, 3.8) is 0 Å². The van der Waals surface area contributed by atoms with Gasteiger partial charge in [-0.2, -0.15) is 5.10 Å². The van der Waals surface area contributed by atoms with Crippen molar-refractivity contribution in [1.82, 2.24) is 5.43 Å². The Kier molecular flexibility index (Phi) is 6.58. The highest BCUT2D eigenvalue weighted by atomic mass is 79.9. The average Bonchev–Trinajstić information content (AvgIpc) is 2.55. The van der Waals surface area contributed by atoms with E-state index >= 15 is 0 Å². The van der Waals surface area contributed by atoms with E-state index in [4.69, 9.17) is 4.74 Å². The number of ether oxygens (including phenoxy) is 1. The van der Waals surface area contributed by atoms with Crippen molar-refractivity contribution in [1.29, 1.82) is 0 Å². The van der Waals surface area contributed by atoms with E-state index < -0.39 is 0 Å².